The third-order valence-electron chi connectivity index (χ3n) is 5.92. The molecule has 3 aromatic heterocycles. The standard InChI is InChI=1S/C26H37N5O3/c1-5-6-7-8-9-13-28-25(32)20-17-21-24(30(22(20)27)15-11-16-34-18(2)3)29-23-19(4)12-10-14-31(23)26(21)33/h10,12,14,17-18,27H,5-9,11,13,15-16H2,1-4H3,(H,28,32). The average Bonchev–Trinajstić information content (AvgIpc) is 2.80. The summed E-state index contributed by atoms with van der Waals surface area (Å²) in [5.74, 6) is -0.330. The number of hydrogen-bond donors (Lipinski definition) is 2. The number of rotatable bonds is 12. The zero-order chi connectivity index (χ0) is 24.7. The van der Waals surface area contributed by atoms with Crippen LogP contribution in [-0.4, -0.2) is 39.1 Å². The van der Waals surface area contributed by atoms with Crippen molar-refractivity contribution in [3.05, 3.63) is 51.4 Å². The van der Waals surface area contributed by atoms with Crippen LogP contribution in [0.3, 0.4) is 0 Å². The molecule has 8 nitrogen and oxygen atoms in total. The first-order valence-electron chi connectivity index (χ1n) is 12.3. The maximum atomic E-state index is 13.4. The minimum atomic E-state index is -0.330. The molecular weight excluding hydrogens is 430 g/mol. The number of amides is 1. The van der Waals surface area contributed by atoms with Crippen LogP contribution in [0.4, 0.5) is 0 Å². The van der Waals surface area contributed by atoms with Crippen molar-refractivity contribution in [2.75, 3.05) is 13.2 Å². The third-order valence-corrected chi connectivity index (χ3v) is 5.92. The van der Waals surface area contributed by atoms with Gasteiger partial charge in [0.2, 0.25) is 0 Å². The second kappa shape index (κ2) is 11.9. The van der Waals surface area contributed by atoms with E-state index in [1.807, 2.05) is 26.8 Å². The van der Waals surface area contributed by atoms with E-state index in [0.717, 1.165) is 24.8 Å². The van der Waals surface area contributed by atoms with E-state index in [4.69, 9.17) is 15.1 Å². The van der Waals surface area contributed by atoms with Gasteiger partial charge in [0.1, 0.15) is 16.8 Å². The van der Waals surface area contributed by atoms with Crippen molar-refractivity contribution in [2.45, 2.75) is 78.9 Å². The van der Waals surface area contributed by atoms with E-state index < -0.39 is 0 Å². The van der Waals surface area contributed by atoms with Crippen LogP contribution in [0.2, 0.25) is 0 Å². The summed E-state index contributed by atoms with van der Waals surface area (Å²) in [7, 11) is 0. The van der Waals surface area contributed by atoms with Gasteiger partial charge in [-0.2, -0.15) is 0 Å². The summed E-state index contributed by atoms with van der Waals surface area (Å²) >= 11 is 0. The summed E-state index contributed by atoms with van der Waals surface area (Å²) < 4.78 is 8.83. The van der Waals surface area contributed by atoms with Crippen LogP contribution in [0, 0.1) is 12.3 Å². The third kappa shape index (κ3) is 5.91. The van der Waals surface area contributed by atoms with Gasteiger partial charge in [0.15, 0.2) is 0 Å². The van der Waals surface area contributed by atoms with Crippen molar-refractivity contribution >= 4 is 22.6 Å². The number of fused-ring (bicyclic) bond motifs is 2. The number of aromatic nitrogens is 3. The Balaban J connectivity index is 2.00. The second-order valence-corrected chi connectivity index (χ2v) is 9.04. The van der Waals surface area contributed by atoms with Gasteiger partial charge < -0.3 is 14.6 Å². The van der Waals surface area contributed by atoms with Gasteiger partial charge in [-0.3, -0.25) is 19.4 Å². The predicted octanol–water partition coefficient (Wildman–Crippen LogP) is 3.95. The minimum absolute atomic E-state index is 0.0605. The number of nitrogens with one attached hydrogen (secondary N) is 2. The molecule has 34 heavy (non-hydrogen) atoms. The van der Waals surface area contributed by atoms with Crippen molar-refractivity contribution in [1.82, 2.24) is 19.3 Å². The Hall–Kier alpha value is -3.00. The molecule has 0 bridgehead atoms. The van der Waals surface area contributed by atoms with E-state index in [9.17, 15) is 9.59 Å². The van der Waals surface area contributed by atoms with Crippen LogP contribution in [0.15, 0.2) is 29.2 Å². The Morgan fingerprint density at radius 2 is 1.94 bits per heavy atom. The molecule has 0 saturated heterocycles. The molecule has 3 heterocycles. The Bertz CT molecular complexity index is 1260. The van der Waals surface area contributed by atoms with Crippen molar-refractivity contribution in [3.63, 3.8) is 0 Å². The quantitative estimate of drug-likeness (QED) is 0.311. The van der Waals surface area contributed by atoms with Crippen LogP contribution in [0.5, 0.6) is 0 Å². The molecule has 8 heteroatoms. The van der Waals surface area contributed by atoms with E-state index in [0.29, 0.717) is 42.8 Å². The van der Waals surface area contributed by atoms with Crippen molar-refractivity contribution < 1.29 is 9.53 Å². The molecule has 3 rings (SSSR count). The predicted molar refractivity (Wildman–Crippen MR) is 134 cm³/mol. The molecule has 0 saturated carbocycles. The lowest BCUT2D eigenvalue weighted by Gasteiger charge is -2.16. The fourth-order valence-corrected chi connectivity index (χ4v) is 4.05. The van der Waals surface area contributed by atoms with E-state index in [2.05, 4.69) is 12.2 Å². The molecule has 0 aromatic carbocycles. The van der Waals surface area contributed by atoms with Crippen LogP contribution in [0.1, 0.15) is 75.2 Å². The zero-order valence-corrected chi connectivity index (χ0v) is 20.8. The van der Waals surface area contributed by atoms with Gasteiger partial charge in [-0.25, -0.2) is 4.98 Å². The lowest BCUT2D eigenvalue weighted by Crippen LogP contribution is -2.35. The first-order chi connectivity index (χ1) is 16.3. The van der Waals surface area contributed by atoms with E-state index >= 15 is 0 Å². The molecule has 0 spiro atoms. The molecule has 1 amide bonds. The Labute approximate surface area is 200 Å². The topological polar surface area (TPSA) is 101 Å². The van der Waals surface area contributed by atoms with Crippen molar-refractivity contribution in [3.8, 4) is 0 Å². The highest BCUT2D eigenvalue weighted by Crippen LogP contribution is 2.13. The second-order valence-electron chi connectivity index (χ2n) is 9.04. The average molecular weight is 468 g/mol. The minimum Gasteiger partial charge on any atom is -0.379 e. The molecule has 0 radical (unpaired) electrons. The van der Waals surface area contributed by atoms with E-state index in [1.165, 1.54) is 23.3 Å². The van der Waals surface area contributed by atoms with E-state index in [1.54, 1.807) is 16.8 Å². The number of carbonyl (C=O) groups is 1. The Morgan fingerprint density at radius 3 is 2.68 bits per heavy atom. The van der Waals surface area contributed by atoms with Gasteiger partial charge >= 0.3 is 0 Å². The highest BCUT2D eigenvalue weighted by atomic mass is 16.5. The molecule has 0 fully saturated rings. The van der Waals surface area contributed by atoms with Gasteiger partial charge in [0.25, 0.3) is 11.5 Å². The van der Waals surface area contributed by atoms with Gasteiger partial charge in [-0.1, -0.05) is 38.7 Å². The van der Waals surface area contributed by atoms with Crippen LogP contribution >= 0.6 is 0 Å². The van der Waals surface area contributed by atoms with Gasteiger partial charge in [-0.15, -0.1) is 0 Å². The SMILES string of the molecule is CCCCCCCNC(=O)c1cc2c(=O)n3cccc(C)c3nc2n(CCCOC(C)C)c1=N. The van der Waals surface area contributed by atoms with Gasteiger partial charge in [0, 0.05) is 25.9 Å². The smallest absolute Gasteiger partial charge is 0.267 e. The maximum absolute atomic E-state index is 13.4. The summed E-state index contributed by atoms with van der Waals surface area (Å²) in [6.45, 7) is 9.52. The largest absolute Gasteiger partial charge is 0.379 e. The number of hydrogen-bond acceptors (Lipinski definition) is 5. The molecular formula is C26H37N5O3. The molecule has 184 valence electrons. The number of carbonyl (C=O) groups excluding carboxylic acids is 1. The number of nitrogens with zero attached hydrogens (tertiary/aromatic N) is 3. The summed E-state index contributed by atoms with van der Waals surface area (Å²) in [6.07, 6.45) is 7.91. The number of pyridine rings is 2. The molecule has 2 N–H and O–H groups in total. The Kier molecular flexibility index (Phi) is 8.98. The molecule has 0 aliphatic rings. The molecule has 0 aliphatic heterocycles. The lowest BCUT2D eigenvalue weighted by molar-refractivity contribution is 0.0748. The molecule has 0 unspecified atom stereocenters. The van der Waals surface area contributed by atoms with E-state index in [-0.39, 0.29) is 28.6 Å². The van der Waals surface area contributed by atoms with Gasteiger partial charge in [-0.05, 0) is 51.3 Å². The first-order valence-corrected chi connectivity index (χ1v) is 12.3. The van der Waals surface area contributed by atoms with Gasteiger partial charge in [0.05, 0.1) is 17.1 Å². The van der Waals surface area contributed by atoms with Crippen molar-refractivity contribution in [1.29, 1.82) is 5.41 Å². The fraction of sp³-hybridized carbons (Fsp3) is 0.538. The summed E-state index contributed by atoms with van der Waals surface area (Å²) in [6, 6.07) is 5.23. The Morgan fingerprint density at radius 1 is 1.18 bits per heavy atom. The summed E-state index contributed by atoms with van der Waals surface area (Å²) in [4.78, 5) is 31.1. The number of ether oxygens (including phenoxy) is 1. The zero-order valence-electron chi connectivity index (χ0n) is 20.8. The highest BCUT2D eigenvalue weighted by molar-refractivity contribution is 5.96. The number of unbranched alkanes of at least 4 members (excludes halogenated alkanes) is 4. The first kappa shape index (κ1) is 25.6. The molecule has 0 atom stereocenters. The van der Waals surface area contributed by atoms with Crippen LogP contribution < -0.4 is 16.4 Å². The number of aryl methyl sites for hydroxylation is 2. The molecule has 3 aromatic rings. The van der Waals surface area contributed by atoms with Crippen LogP contribution in [0.25, 0.3) is 16.7 Å². The highest BCUT2D eigenvalue weighted by Gasteiger charge is 2.18. The maximum Gasteiger partial charge on any atom is 0.267 e. The summed E-state index contributed by atoms with van der Waals surface area (Å²) in [5.41, 5.74) is 1.85. The molecule has 0 aliphatic carbocycles. The monoisotopic (exact) mass is 467 g/mol. The van der Waals surface area contributed by atoms with Crippen LogP contribution in [-0.2, 0) is 11.3 Å². The normalized spacial score (nSPS) is 11.6. The fourth-order valence-electron chi connectivity index (χ4n) is 4.05. The van der Waals surface area contributed by atoms with Crippen molar-refractivity contribution in [2.24, 2.45) is 0 Å². The summed E-state index contributed by atoms with van der Waals surface area (Å²) in [5, 5.41) is 12.1. The lowest BCUT2D eigenvalue weighted by atomic mass is 10.1.